The molecule has 0 spiro atoms. The molecule has 0 bridgehead atoms. The Morgan fingerprint density at radius 2 is 2.13 bits per heavy atom. The number of nitriles is 1. The maximum atomic E-state index is 9.05. The van der Waals surface area contributed by atoms with Crippen LogP contribution in [0, 0.1) is 11.3 Å². The van der Waals surface area contributed by atoms with Crippen molar-refractivity contribution in [1.82, 2.24) is 9.78 Å². The summed E-state index contributed by atoms with van der Waals surface area (Å²) in [7, 11) is 1.59. The van der Waals surface area contributed by atoms with Crippen molar-refractivity contribution < 1.29 is 9.47 Å². The molecule has 23 heavy (non-hydrogen) atoms. The zero-order valence-electron chi connectivity index (χ0n) is 13.3. The Hall–Kier alpha value is -2.45. The summed E-state index contributed by atoms with van der Waals surface area (Å²) in [6.45, 7) is 4.68. The average molecular weight is 332 g/mol. The summed E-state index contributed by atoms with van der Waals surface area (Å²) in [6.07, 6.45) is 4.14. The van der Waals surface area contributed by atoms with E-state index in [1.807, 2.05) is 13.8 Å². The molecule has 0 amide bonds. The fourth-order valence-electron chi connectivity index (χ4n) is 2.23. The van der Waals surface area contributed by atoms with E-state index < -0.39 is 0 Å². The molecule has 0 unspecified atom stereocenters. The summed E-state index contributed by atoms with van der Waals surface area (Å²) in [4.78, 5) is 0. The van der Waals surface area contributed by atoms with Crippen molar-refractivity contribution >= 4 is 17.7 Å². The third kappa shape index (κ3) is 3.85. The van der Waals surface area contributed by atoms with Crippen molar-refractivity contribution in [2.45, 2.75) is 26.8 Å². The predicted molar refractivity (Wildman–Crippen MR) is 89.6 cm³/mol. The highest BCUT2D eigenvalue weighted by Crippen LogP contribution is 2.31. The predicted octanol–water partition coefficient (Wildman–Crippen LogP) is 4.40. The summed E-state index contributed by atoms with van der Waals surface area (Å²) in [5.41, 5.74) is 2.22. The van der Waals surface area contributed by atoms with Crippen LogP contribution in [0.25, 0.3) is 6.08 Å². The average Bonchev–Trinajstić information content (AvgIpc) is 2.88. The van der Waals surface area contributed by atoms with Crippen LogP contribution in [0.3, 0.4) is 0 Å². The van der Waals surface area contributed by atoms with Crippen molar-refractivity contribution in [3.8, 4) is 17.7 Å². The lowest BCUT2D eigenvalue weighted by Gasteiger charge is -2.10. The van der Waals surface area contributed by atoms with Gasteiger partial charge >= 0.3 is 0 Å². The number of methoxy groups -OCH3 is 1. The molecule has 0 aliphatic carbocycles. The minimum Gasteiger partial charge on any atom is -0.504 e. The van der Waals surface area contributed by atoms with Gasteiger partial charge in [0.05, 0.1) is 30.7 Å². The molecule has 0 aliphatic rings. The van der Waals surface area contributed by atoms with E-state index in [2.05, 4.69) is 11.2 Å². The largest absolute Gasteiger partial charge is 0.504 e. The number of nitrogens with zero attached hydrogens (tertiary/aromatic N) is 3. The highest BCUT2D eigenvalue weighted by atomic mass is 35.5. The number of aryl methyl sites for hydroxylation is 1. The van der Waals surface area contributed by atoms with E-state index in [1.54, 1.807) is 42.3 Å². The summed E-state index contributed by atoms with van der Waals surface area (Å²) in [5, 5.41) is 14.0. The standard InChI is InChI=1S/C17H18ClN3O2/c1-4-15-16(6-7-22-3)20-21(5-2)17(15)23-14-9-12(11-19)8-13(18)10-14/h6-10H,4-5H2,1-3H3/b7-6+. The molecule has 0 saturated carbocycles. The van der Waals surface area contributed by atoms with Gasteiger partial charge in [-0.05, 0) is 31.5 Å². The maximum absolute atomic E-state index is 9.05. The van der Waals surface area contributed by atoms with Crippen LogP contribution in [0.2, 0.25) is 5.02 Å². The number of aromatic nitrogens is 2. The lowest BCUT2D eigenvalue weighted by Crippen LogP contribution is -2.01. The normalized spacial score (nSPS) is 10.7. The molecule has 0 N–H and O–H groups in total. The monoisotopic (exact) mass is 331 g/mol. The van der Waals surface area contributed by atoms with Crippen molar-refractivity contribution in [2.24, 2.45) is 0 Å². The Kier molecular flexibility index (Phi) is 5.67. The molecule has 1 heterocycles. The molecule has 0 radical (unpaired) electrons. The third-order valence-electron chi connectivity index (χ3n) is 3.26. The van der Waals surface area contributed by atoms with Crippen LogP contribution >= 0.6 is 11.6 Å². The van der Waals surface area contributed by atoms with Crippen LogP contribution in [0.5, 0.6) is 11.6 Å². The highest BCUT2D eigenvalue weighted by molar-refractivity contribution is 6.30. The quantitative estimate of drug-likeness (QED) is 0.736. The number of rotatable bonds is 6. The van der Waals surface area contributed by atoms with Crippen LogP contribution in [0.1, 0.15) is 30.7 Å². The summed E-state index contributed by atoms with van der Waals surface area (Å²) >= 11 is 6.03. The second-order valence-corrected chi connectivity index (χ2v) is 5.20. The molecular weight excluding hydrogens is 314 g/mol. The summed E-state index contributed by atoms with van der Waals surface area (Å²) < 4.78 is 12.7. The third-order valence-corrected chi connectivity index (χ3v) is 3.48. The molecule has 0 atom stereocenters. The van der Waals surface area contributed by atoms with E-state index in [9.17, 15) is 0 Å². The minimum atomic E-state index is 0.451. The SMILES string of the molecule is CCc1c(/C=C/OC)nn(CC)c1Oc1cc(Cl)cc(C#N)c1. The minimum absolute atomic E-state index is 0.451. The molecule has 1 aromatic carbocycles. The molecule has 0 fully saturated rings. The number of hydrogen-bond acceptors (Lipinski definition) is 4. The Balaban J connectivity index is 2.46. The van der Waals surface area contributed by atoms with Crippen molar-refractivity contribution in [2.75, 3.05) is 7.11 Å². The number of benzene rings is 1. The Morgan fingerprint density at radius 1 is 1.35 bits per heavy atom. The molecule has 1 aromatic heterocycles. The van der Waals surface area contributed by atoms with Crippen molar-refractivity contribution in [3.05, 3.63) is 46.3 Å². The lowest BCUT2D eigenvalue weighted by molar-refractivity contribution is 0.341. The van der Waals surface area contributed by atoms with Gasteiger partial charge in [-0.1, -0.05) is 18.5 Å². The van der Waals surface area contributed by atoms with E-state index in [1.165, 1.54) is 0 Å². The van der Waals surface area contributed by atoms with Crippen LogP contribution in [0.4, 0.5) is 0 Å². The van der Waals surface area contributed by atoms with Gasteiger partial charge in [0.2, 0.25) is 5.88 Å². The van der Waals surface area contributed by atoms with Gasteiger partial charge in [0.25, 0.3) is 0 Å². The first-order valence-corrected chi connectivity index (χ1v) is 7.68. The van der Waals surface area contributed by atoms with Gasteiger partial charge in [0, 0.05) is 23.2 Å². The molecule has 0 aliphatic heterocycles. The molecule has 5 nitrogen and oxygen atoms in total. The Morgan fingerprint density at radius 3 is 2.74 bits per heavy atom. The van der Waals surface area contributed by atoms with Gasteiger partial charge < -0.3 is 9.47 Å². The fraction of sp³-hybridized carbons (Fsp3) is 0.294. The van der Waals surface area contributed by atoms with Gasteiger partial charge in [0.1, 0.15) is 5.75 Å². The van der Waals surface area contributed by atoms with Gasteiger partial charge in [-0.15, -0.1) is 0 Å². The number of ether oxygens (including phenoxy) is 2. The first-order chi connectivity index (χ1) is 11.1. The molecule has 6 heteroatoms. The lowest BCUT2D eigenvalue weighted by atomic mass is 10.2. The number of hydrogen-bond donors (Lipinski definition) is 0. The Bertz CT molecular complexity index is 760. The van der Waals surface area contributed by atoms with Crippen LogP contribution < -0.4 is 4.74 Å². The molecule has 0 saturated heterocycles. The Labute approximate surface area is 140 Å². The van der Waals surface area contributed by atoms with Crippen LogP contribution in [-0.2, 0) is 17.7 Å². The van der Waals surface area contributed by atoms with Crippen molar-refractivity contribution in [1.29, 1.82) is 5.26 Å². The van der Waals surface area contributed by atoms with E-state index in [-0.39, 0.29) is 0 Å². The molecular formula is C17H18ClN3O2. The first kappa shape index (κ1) is 16.9. The smallest absolute Gasteiger partial charge is 0.221 e. The highest BCUT2D eigenvalue weighted by Gasteiger charge is 2.17. The topological polar surface area (TPSA) is 60.1 Å². The zero-order valence-corrected chi connectivity index (χ0v) is 14.1. The fourth-order valence-corrected chi connectivity index (χ4v) is 2.45. The van der Waals surface area contributed by atoms with Gasteiger partial charge in [0.15, 0.2) is 0 Å². The molecule has 2 aromatic rings. The van der Waals surface area contributed by atoms with Crippen molar-refractivity contribution in [3.63, 3.8) is 0 Å². The van der Waals surface area contributed by atoms with E-state index >= 15 is 0 Å². The second kappa shape index (κ2) is 7.70. The summed E-state index contributed by atoms with van der Waals surface area (Å²) in [6, 6.07) is 7.00. The van der Waals surface area contributed by atoms with E-state index in [0.717, 1.165) is 17.7 Å². The second-order valence-electron chi connectivity index (χ2n) is 4.77. The van der Waals surface area contributed by atoms with Gasteiger partial charge in [-0.2, -0.15) is 10.4 Å². The van der Waals surface area contributed by atoms with E-state index in [0.29, 0.717) is 28.8 Å². The molecule has 2 rings (SSSR count). The summed E-state index contributed by atoms with van der Waals surface area (Å²) in [5.74, 6) is 1.16. The van der Waals surface area contributed by atoms with Crippen LogP contribution in [0.15, 0.2) is 24.5 Å². The van der Waals surface area contributed by atoms with E-state index in [4.69, 9.17) is 26.3 Å². The van der Waals surface area contributed by atoms with Crippen LogP contribution in [-0.4, -0.2) is 16.9 Å². The van der Waals surface area contributed by atoms with Gasteiger partial charge in [-0.25, -0.2) is 4.68 Å². The zero-order chi connectivity index (χ0) is 16.8. The maximum Gasteiger partial charge on any atom is 0.221 e. The van der Waals surface area contributed by atoms with Gasteiger partial charge in [-0.3, -0.25) is 0 Å². The molecule has 120 valence electrons. The number of halogens is 1. The first-order valence-electron chi connectivity index (χ1n) is 7.30.